The van der Waals surface area contributed by atoms with Crippen molar-refractivity contribution in [3.05, 3.63) is 53.6 Å². The number of fused-ring (bicyclic) bond motifs is 1. The summed E-state index contributed by atoms with van der Waals surface area (Å²) in [6, 6.07) is 12.8. The Morgan fingerprint density at radius 1 is 1.11 bits per heavy atom. The van der Waals surface area contributed by atoms with Crippen LogP contribution in [0.5, 0.6) is 5.75 Å². The number of anilines is 1. The standard InChI is InChI=1S/C36H52N2O7S/c1-25-9-13-28(14-10-25)46(40,41)32(36(17-18-36)33(39)45-34(2,3)4)29-15-12-27(22-37-29)43-23-26-11-16-31-30(21-26)38(19-8-20-42-7)24-35(5,6)44-31/h9-11,13-14,16,21,27,29,32,37H,8,12,15,17-20,22-24H2,1-7H3/t27-,29+,32?/m1/s1. The number of benzene rings is 2. The third-order valence-electron chi connectivity index (χ3n) is 9.18. The first-order valence-electron chi connectivity index (χ1n) is 16.6. The van der Waals surface area contributed by atoms with Crippen LogP contribution in [0.3, 0.4) is 0 Å². The summed E-state index contributed by atoms with van der Waals surface area (Å²) in [7, 11) is -2.12. The highest BCUT2D eigenvalue weighted by atomic mass is 32.2. The first kappa shape index (κ1) is 34.7. The second kappa shape index (κ2) is 13.5. The van der Waals surface area contributed by atoms with E-state index in [0.717, 1.165) is 42.1 Å². The molecule has 0 radical (unpaired) electrons. The van der Waals surface area contributed by atoms with Crippen molar-refractivity contribution in [3.63, 3.8) is 0 Å². The van der Waals surface area contributed by atoms with Crippen molar-refractivity contribution < 1.29 is 32.2 Å². The van der Waals surface area contributed by atoms with Gasteiger partial charge in [-0.2, -0.15) is 0 Å². The lowest BCUT2D eigenvalue weighted by molar-refractivity contribution is -0.162. The van der Waals surface area contributed by atoms with E-state index >= 15 is 0 Å². The van der Waals surface area contributed by atoms with E-state index in [1.54, 1.807) is 19.2 Å². The predicted octanol–water partition coefficient (Wildman–Crippen LogP) is 5.61. The topological polar surface area (TPSA) is 103 Å². The van der Waals surface area contributed by atoms with Crippen LogP contribution in [-0.2, 0) is 35.4 Å². The second-order valence-electron chi connectivity index (χ2n) is 14.9. The quantitative estimate of drug-likeness (QED) is 0.231. The maximum atomic E-state index is 14.3. The number of rotatable bonds is 12. The van der Waals surface area contributed by atoms with Crippen molar-refractivity contribution >= 4 is 21.5 Å². The van der Waals surface area contributed by atoms with E-state index < -0.39 is 38.1 Å². The van der Waals surface area contributed by atoms with Crippen LogP contribution in [0.4, 0.5) is 5.69 Å². The molecule has 10 heteroatoms. The predicted molar refractivity (Wildman–Crippen MR) is 179 cm³/mol. The zero-order valence-electron chi connectivity index (χ0n) is 28.6. The Bertz CT molecular complexity index is 1470. The van der Waals surface area contributed by atoms with Crippen LogP contribution in [0.15, 0.2) is 47.4 Å². The van der Waals surface area contributed by atoms with E-state index in [4.69, 9.17) is 18.9 Å². The van der Waals surface area contributed by atoms with Crippen LogP contribution in [0.25, 0.3) is 0 Å². The molecule has 0 bridgehead atoms. The Balaban J connectivity index is 1.28. The molecule has 2 aromatic carbocycles. The van der Waals surface area contributed by atoms with E-state index in [2.05, 4.69) is 36.2 Å². The van der Waals surface area contributed by atoms with E-state index in [0.29, 0.717) is 45.4 Å². The lowest BCUT2D eigenvalue weighted by atomic mass is 9.90. The monoisotopic (exact) mass is 656 g/mol. The number of carbonyl (C=O) groups excluding carboxylic acids is 1. The summed E-state index contributed by atoms with van der Waals surface area (Å²) in [5.41, 5.74) is 1.06. The summed E-state index contributed by atoms with van der Waals surface area (Å²) in [6.45, 7) is 14.9. The molecule has 3 aliphatic rings. The van der Waals surface area contributed by atoms with Crippen molar-refractivity contribution in [1.29, 1.82) is 0 Å². The van der Waals surface area contributed by atoms with Gasteiger partial charge in [0.15, 0.2) is 9.84 Å². The number of aryl methyl sites for hydroxylation is 1. The number of methoxy groups -OCH3 is 1. The van der Waals surface area contributed by atoms with E-state index in [1.807, 2.05) is 45.9 Å². The van der Waals surface area contributed by atoms with Crippen molar-refractivity contribution in [2.24, 2.45) is 5.41 Å². The maximum Gasteiger partial charge on any atom is 0.313 e. The molecular formula is C36H52N2O7S. The Labute approximate surface area is 275 Å². The zero-order chi connectivity index (χ0) is 33.3. The number of hydrogen-bond donors (Lipinski definition) is 1. The van der Waals surface area contributed by atoms with Gasteiger partial charge in [0.2, 0.25) is 0 Å². The fourth-order valence-corrected chi connectivity index (χ4v) is 9.22. The van der Waals surface area contributed by atoms with Crippen molar-refractivity contribution in [2.45, 2.75) is 114 Å². The number of nitrogens with one attached hydrogen (secondary N) is 1. The third-order valence-corrected chi connectivity index (χ3v) is 11.6. The highest BCUT2D eigenvalue weighted by Gasteiger charge is 2.64. The van der Waals surface area contributed by atoms with Gasteiger partial charge in [0.25, 0.3) is 0 Å². The molecule has 1 saturated carbocycles. The van der Waals surface area contributed by atoms with Crippen molar-refractivity contribution in [3.8, 4) is 5.75 Å². The third kappa shape index (κ3) is 7.89. The normalized spacial score (nSPS) is 22.8. The van der Waals surface area contributed by atoms with Gasteiger partial charge in [-0.05, 0) is 103 Å². The number of sulfone groups is 1. The van der Waals surface area contributed by atoms with Crippen LogP contribution in [0.1, 0.15) is 77.8 Å². The fourth-order valence-electron chi connectivity index (χ4n) is 6.82. The van der Waals surface area contributed by atoms with Crippen LogP contribution in [-0.4, -0.2) is 76.3 Å². The largest absolute Gasteiger partial charge is 0.484 e. The smallest absolute Gasteiger partial charge is 0.313 e. The number of hydrogen-bond acceptors (Lipinski definition) is 9. The minimum absolute atomic E-state index is 0.0836. The van der Waals surface area contributed by atoms with Gasteiger partial charge in [0, 0.05) is 32.8 Å². The van der Waals surface area contributed by atoms with E-state index in [9.17, 15) is 13.2 Å². The molecule has 1 saturated heterocycles. The number of piperidine rings is 1. The molecular weight excluding hydrogens is 604 g/mol. The Morgan fingerprint density at radius 3 is 2.43 bits per heavy atom. The van der Waals surface area contributed by atoms with Gasteiger partial charge in [-0.25, -0.2) is 8.42 Å². The van der Waals surface area contributed by atoms with Gasteiger partial charge in [0.1, 0.15) is 17.0 Å². The van der Waals surface area contributed by atoms with Gasteiger partial charge >= 0.3 is 5.97 Å². The van der Waals surface area contributed by atoms with Gasteiger partial charge < -0.3 is 29.2 Å². The first-order chi connectivity index (χ1) is 21.6. The molecule has 3 atom stereocenters. The molecule has 0 spiro atoms. The molecule has 254 valence electrons. The average molecular weight is 657 g/mol. The molecule has 2 heterocycles. The number of ether oxygens (including phenoxy) is 4. The van der Waals surface area contributed by atoms with Crippen LogP contribution < -0.4 is 15.0 Å². The molecule has 2 fully saturated rings. The van der Waals surface area contributed by atoms with Crippen molar-refractivity contribution in [2.75, 3.05) is 38.3 Å². The molecule has 1 N–H and O–H groups in total. The summed E-state index contributed by atoms with van der Waals surface area (Å²) in [5, 5.41) is 2.58. The maximum absolute atomic E-state index is 14.3. The summed E-state index contributed by atoms with van der Waals surface area (Å²) >= 11 is 0. The van der Waals surface area contributed by atoms with Gasteiger partial charge in [-0.15, -0.1) is 0 Å². The summed E-state index contributed by atoms with van der Waals surface area (Å²) < 4.78 is 52.3. The molecule has 0 amide bonds. The summed E-state index contributed by atoms with van der Waals surface area (Å²) in [5.74, 6) is 0.455. The Hall–Kier alpha value is -2.66. The van der Waals surface area contributed by atoms with Crippen LogP contribution >= 0.6 is 0 Å². The minimum Gasteiger partial charge on any atom is -0.484 e. The van der Waals surface area contributed by atoms with Crippen LogP contribution in [0, 0.1) is 12.3 Å². The minimum atomic E-state index is -3.85. The molecule has 9 nitrogen and oxygen atoms in total. The SMILES string of the molecule is COCCCN1CC(C)(C)Oc2ccc(CO[C@@H]3CC[C@@H](C(C4(C(=O)OC(C)(C)C)CC4)S(=O)(=O)c4ccc(C)cc4)NC3)cc21. The zero-order valence-corrected chi connectivity index (χ0v) is 29.4. The second-order valence-corrected chi connectivity index (χ2v) is 17.0. The number of esters is 1. The van der Waals surface area contributed by atoms with E-state index in [-0.39, 0.29) is 16.6 Å². The molecule has 0 aromatic heterocycles. The lowest BCUT2D eigenvalue weighted by Crippen LogP contribution is -2.56. The summed E-state index contributed by atoms with van der Waals surface area (Å²) in [6.07, 6.45) is 3.10. The molecule has 2 aliphatic heterocycles. The molecule has 1 aliphatic carbocycles. The van der Waals surface area contributed by atoms with E-state index in [1.165, 1.54) is 0 Å². The highest BCUT2D eigenvalue weighted by molar-refractivity contribution is 7.92. The Morgan fingerprint density at radius 2 is 1.83 bits per heavy atom. The Kier molecular flexibility index (Phi) is 10.1. The highest BCUT2D eigenvalue weighted by Crippen LogP contribution is 2.55. The number of carbonyl (C=O) groups is 1. The lowest BCUT2D eigenvalue weighted by Gasteiger charge is -2.41. The molecule has 46 heavy (non-hydrogen) atoms. The van der Waals surface area contributed by atoms with Gasteiger partial charge in [-0.3, -0.25) is 4.79 Å². The molecule has 1 unspecified atom stereocenters. The summed E-state index contributed by atoms with van der Waals surface area (Å²) in [4.78, 5) is 16.2. The van der Waals surface area contributed by atoms with Gasteiger partial charge in [0.05, 0.1) is 40.5 Å². The van der Waals surface area contributed by atoms with Gasteiger partial charge in [-0.1, -0.05) is 23.8 Å². The average Bonchev–Trinajstić information content (AvgIpc) is 3.77. The molecule has 5 rings (SSSR count). The molecule has 2 aromatic rings. The van der Waals surface area contributed by atoms with Crippen molar-refractivity contribution in [1.82, 2.24) is 5.32 Å². The fraction of sp³-hybridized carbons (Fsp3) is 0.639. The van der Waals surface area contributed by atoms with Crippen LogP contribution in [0.2, 0.25) is 0 Å². The first-order valence-corrected chi connectivity index (χ1v) is 18.1. The number of nitrogens with zero attached hydrogens (tertiary/aromatic N) is 1.